The molecule has 0 aliphatic heterocycles. The molecule has 0 amide bonds. The first-order valence-electron chi connectivity index (χ1n) is 5.08. The van der Waals surface area contributed by atoms with Crippen LogP contribution in [0, 0.1) is 19.8 Å². The fourth-order valence-electron chi connectivity index (χ4n) is 1.37. The van der Waals surface area contributed by atoms with Gasteiger partial charge in [0, 0.05) is 11.6 Å². The Morgan fingerprint density at radius 2 is 2.21 bits per heavy atom. The molecule has 0 aromatic carbocycles. The summed E-state index contributed by atoms with van der Waals surface area (Å²) in [6.07, 6.45) is 0.901. The second kappa shape index (κ2) is 4.40. The molecule has 0 spiro atoms. The van der Waals surface area contributed by atoms with Crippen LogP contribution < -0.4 is 0 Å². The van der Waals surface area contributed by atoms with Crippen molar-refractivity contribution in [1.29, 1.82) is 0 Å². The molecule has 3 nitrogen and oxygen atoms in total. The number of hydrogen-bond donors (Lipinski definition) is 0. The van der Waals surface area contributed by atoms with E-state index in [1.807, 2.05) is 33.8 Å². The number of Topliss-reactive ketones (excluding diaryl/α,β-unsaturated/α-hetero) is 1. The molecule has 3 heteroatoms. The van der Waals surface area contributed by atoms with Gasteiger partial charge in [-0.15, -0.1) is 0 Å². The predicted octanol–water partition coefficient (Wildman–Crippen LogP) is 2.12. The van der Waals surface area contributed by atoms with E-state index in [1.165, 1.54) is 0 Å². The minimum absolute atomic E-state index is 0.138. The van der Waals surface area contributed by atoms with E-state index in [4.69, 9.17) is 0 Å². The molecular formula is C11H18N2O. The molecule has 0 fully saturated rings. The Balaban J connectivity index is 2.69. The van der Waals surface area contributed by atoms with Crippen LogP contribution in [0.25, 0.3) is 0 Å². The molecule has 0 aliphatic carbocycles. The fourth-order valence-corrected chi connectivity index (χ4v) is 1.37. The summed E-state index contributed by atoms with van der Waals surface area (Å²) in [6.45, 7) is 8.33. The molecule has 0 aliphatic rings. The standard InChI is InChI=1S/C11H18N2O/c1-5-8(2)11(14)7-13-10(4)6-9(3)12-13/h6,8H,5,7H2,1-4H3. The predicted molar refractivity (Wildman–Crippen MR) is 56.2 cm³/mol. The maximum Gasteiger partial charge on any atom is 0.157 e. The second-order valence-electron chi connectivity index (χ2n) is 3.86. The highest BCUT2D eigenvalue weighted by Crippen LogP contribution is 2.07. The van der Waals surface area contributed by atoms with Gasteiger partial charge < -0.3 is 0 Å². The molecule has 0 saturated carbocycles. The van der Waals surface area contributed by atoms with Gasteiger partial charge in [0.1, 0.15) is 6.54 Å². The molecular weight excluding hydrogens is 176 g/mol. The van der Waals surface area contributed by atoms with Crippen LogP contribution in [0.5, 0.6) is 0 Å². The molecule has 1 rings (SSSR count). The zero-order chi connectivity index (χ0) is 10.7. The molecule has 1 atom stereocenters. The smallest absolute Gasteiger partial charge is 0.157 e. The summed E-state index contributed by atoms with van der Waals surface area (Å²) in [5.41, 5.74) is 2.03. The largest absolute Gasteiger partial charge is 0.297 e. The van der Waals surface area contributed by atoms with Crippen LogP contribution in [0.1, 0.15) is 31.7 Å². The van der Waals surface area contributed by atoms with Crippen molar-refractivity contribution < 1.29 is 4.79 Å². The molecule has 1 unspecified atom stereocenters. The van der Waals surface area contributed by atoms with Gasteiger partial charge in [-0.05, 0) is 26.3 Å². The van der Waals surface area contributed by atoms with E-state index in [0.717, 1.165) is 17.8 Å². The van der Waals surface area contributed by atoms with E-state index in [-0.39, 0.29) is 11.7 Å². The van der Waals surface area contributed by atoms with Crippen molar-refractivity contribution in [2.75, 3.05) is 0 Å². The summed E-state index contributed by atoms with van der Waals surface area (Å²) in [5.74, 6) is 0.401. The van der Waals surface area contributed by atoms with Crippen LogP contribution in [0.2, 0.25) is 0 Å². The van der Waals surface area contributed by atoms with Gasteiger partial charge in [0.25, 0.3) is 0 Å². The Morgan fingerprint density at radius 3 is 2.64 bits per heavy atom. The van der Waals surface area contributed by atoms with Gasteiger partial charge in [-0.1, -0.05) is 13.8 Å². The first kappa shape index (κ1) is 11.0. The Hall–Kier alpha value is -1.12. The van der Waals surface area contributed by atoms with Gasteiger partial charge in [0.2, 0.25) is 0 Å². The van der Waals surface area contributed by atoms with Gasteiger partial charge in [-0.2, -0.15) is 5.10 Å². The lowest BCUT2D eigenvalue weighted by molar-refractivity contribution is -0.123. The Morgan fingerprint density at radius 1 is 1.57 bits per heavy atom. The molecule has 0 radical (unpaired) electrons. The first-order chi connectivity index (χ1) is 6.54. The molecule has 0 saturated heterocycles. The van der Waals surface area contributed by atoms with Crippen LogP contribution in [-0.2, 0) is 11.3 Å². The number of carbonyl (C=O) groups excluding carboxylic acids is 1. The monoisotopic (exact) mass is 194 g/mol. The van der Waals surface area contributed by atoms with Crippen molar-refractivity contribution in [3.8, 4) is 0 Å². The molecule has 0 bridgehead atoms. The van der Waals surface area contributed by atoms with Crippen molar-refractivity contribution in [2.24, 2.45) is 5.92 Å². The van der Waals surface area contributed by atoms with Crippen molar-refractivity contribution in [2.45, 2.75) is 40.7 Å². The molecule has 78 valence electrons. The highest BCUT2D eigenvalue weighted by molar-refractivity contribution is 5.80. The summed E-state index contributed by atoms with van der Waals surface area (Å²) in [5, 5.41) is 4.26. The summed E-state index contributed by atoms with van der Waals surface area (Å²) in [4.78, 5) is 11.6. The first-order valence-corrected chi connectivity index (χ1v) is 5.08. The SMILES string of the molecule is CCC(C)C(=O)Cn1nc(C)cc1C. The number of ketones is 1. The van der Waals surface area contributed by atoms with Crippen LogP contribution in [0.15, 0.2) is 6.07 Å². The summed E-state index contributed by atoms with van der Waals surface area (Å²) >= 11 is 0. The molecule has 0 N–H and O–H groups in total. The van der Waals surface area contributed by atoms with Crippen molar-refractivity contribution in [3.63, 3.8) is 0 Å². The Kier molecular flexibility index (Phi) is 3.44. The minimum atomic E-state index is 0.138. The normalized spacial score (nSPS) is 12.9. The fraction of sp³-hybridized carbons (Fsp3) is 0.636. The lowest BCUT2D eigenvalue weighted by atomic mass is 10.0. The highest BCUT2D eigenvalue weighted by atomic mass is 16.1. The van der Waals surface area contributed by atoms with E-state index in [2.05, 4.69) is 5.10 Å². The number of carbonyl (C=O) groups is 1. The van der Waals surface area contributed by atoms with Crippen molar-refractivity contribution >= 4 is 5.78 Å². The third kappa shape index (κ3) is 2.44. The van der Waals surface area contributed by atoms with E-state index in [9.17, 15) is 4.79 Å². The van der Waals surface area contributed by atoms with Crippen molar-refractivity contribution in [3.05, 3.63) is 17.5 Å². The van der Waals surface area contributed by atoms with E-state index in [0.29, 0.717) is 6.54 Å². The lowest BCUT2D eigenvalue weighted by Crippen LogP contribution is -2.18. The number of hydrogen-bond acceptors (Lipinski definition) is 2. The average Bonchev–Trinajstić information content (AvgIpc) is 2.44. The van der Waals surface area contributed by atoms with E-state index < -0.39 is 0 Å². The topological polar surface area (TPSA) is 34.9 Å². The zero-order valence-corrected chi connectivity index (χ0v) is 9.37. The van der Waals surface area contributed by atoms with Gasteiger partial charge in [-0.3, -0.25) is 9.48 Å². The maximum atomic E-state index is 11.6. The second-order valence-corrected chi connectivity index (χ2v) is 3.86. The van der Waals surface area contributed by atoms with Gasteiger partial charge in [0.05, 0.1) is 5.69 Å². The molecule has 14 heavy (non-hydrogen) atoms. The summed E-state index contributed by atoms with van der Waals surface area (Å²) in [7, 11) is 0. The minimum Gasteiger partial charge on any atom is -0.297 e. The zero-order valence-electron chi connectivity index (χ0n) is 9.37. The molecule has 1 heterocycles. The molecule has 1 aromatic rings. The van der Waals surface area contributed by atoms with Crippen LogP contribution >= 0.6 is 0 Å². The maximum absolute atomic E-state index is 11.6. The average molecular weight is 194 g/mol. The Bertz CT molecular complexity index is 328. The van der Waals surface area contributed by atoms with Gasteiger partial charge >= 0.3 is 0 Å². The summed E-state index contributed by atoms with van der Waals surface area (Å²) < 4.78 is 1.78. The highest BCUT2D eigenvalue weighted by Gasteiger charge is 2.12. The number of nitrogens with zero attached hydrogens (tertiary/aromatic N) is 2. The van der Waals surface area contributed by atoms with Crippen molar-refractivity contribution in [1.82, 2.24) is 9.78 Å². The third-order valence-electron chi connectivity index (χ3n) is 2.57. The lowest BCUT2D eigenvalue weighted by Gasteiger charge is -2.08. The van der Waals surface area contributed by atoms with E-state index in [1.54, 1.807) is 4.68 Å². The number of aryl methyl sites for hydroxylation is 2. The number of aromatic nitrogens is 2. The van der Waals surface area contributed by atoms with Gasteiger partial charge in [-0.25, -0.2) is 0 Å². The quantitative estimate of drug-likeness (QED) is 0.735. The van der Waals surface area contributed by atoms with Crippen LogP contribution in [0.3, 0.4) is 0 Å². The molecule has 1 aromatic heterocycles. The van der Waals surface area contributed by atoms with Crippen LogP contribution in [-0.4, -0.2) is 15.6 Å². The van der Waals surface area contributed by atoms with E-state index >= 15 is 0 Å². The summed E-state index contributed by atoms with van der Waals surface area (Å²) in [6, 6.07) is 1.99. The Labute approximate surface area is 85.1 Å². The third-order valence-corrected chi connectivity index (χ3v) is 2.57. The van der Waals surface area contributed by atoms with Crippen LogP contribution in [0.4, 0.5) is 0 Å². The number of rotatable bonds is 4. The van der Waals surface area contributed by atoms with Gasteiger partial charge in [0.15, 0.2) is 5.78 Å².